The maximum absolute atomic E-state index is 9.45. The Morgan fingerprint density at radius 1 is 1.50 bits per heavy atom. The van der Waals surface area contributed by atoms with E-state index >= 15 is 0 Å². The highest BCUT2D eigenvalue weighted by Crippen LogP contribution is 2.24. The predicted octanol–water partition coefficient (Wildman–Crippen LogP) is 0.118. The van der Waals surface area contributed by atoms with Crippen LogP contribution in [-0.4, -0.2) is 35.5 Å². The first kappa shape index (κ1) is 9.96. The first-order valence-electron chi connectivity index (χ1n) is 4.77. The van der Waals surface area contributed by atoms with Crippen LogP contribution in [0.5, 0.6) is 0 Å². The van der Waals surface area contributed by atoms with Crippen molar-refractivity contribution in [3.05, 3.63) is 0 Å². The molecule has 72 valence electrons. The lowest BCUT2D eigenvalue weighted by atomic mass is 10.1. The van der Waals surface area contributed by atoms with Crippen LogP contribution in [0, 0.1) is 5.92 Å². The van der Waals surface area contributed by atoms with Gasteiger partial charge < -0.3 is 15.5 Å². The van der Waals surface area contributed by atoms with E-state index in [4.69, 9.17) is 5.11 Å². The van der Waals surface area contributed by atoms with Gasteiger partial charge in [-0.15, -0.1) is 0 Å². The van der Waals surface area contributed by atoms with Gasteiger partial charge in [0.1, 0.15) is 0 Å². The molecule has 12 heavy (non-hydrogen) atoms. The van der Waals surface area contributed by atoms with Gasteiger partial charge in [-0.3, -0.25) is 0 Å². The van der Waals surface area contributed by atoms with Crippen LogP contribution in [0.2, 0.25) is 0 Å². The Kier molecular flexibility index (Phi) is 3.98. The largest absolute Gasteiger partial charge is 0.393 e. The third kappa shape index (κ3) is 3.09. The lowest BCUT2D eigenvalue weighted by molar-refractivity contribution is 0.126. The summed E-state index contributed by atoms with van der Waals surface area (Å²) in [4.78, 5) is 0. The summed E-state index contributed by atoms with van der Waals surface area (Å²) in [6.45, 7) is 3.23. The molecular weight excluding hydrogens is 154 g/mol. The van der Waals surface area contributed by atoms with Crippen molar-refractivity contribution in [3.63, 3.8) is 0 Å². The fraction of sp³-hybridized carbons (Fsp3) is 1.00. The van der Waals surface area contributed by atoms with E-state index in [0.29, 0.717) is 12.5 Å². The van der Waals surface area contributed by atoms with Crippen molar-refractivity contribution in [2.24, 2.45) is 5.92 Å². The van der Waals surface area contributed by atoms with Crippen molar-refractivity contribution < 1.29 is 10.2 Å². The van der Waals surface area contributed by atoms with Crippen LogP contribution in [0.3, 0.4) is 0 Å². The van der Waals surface area contributed by atoms with Gasteiger partial charge >= 0.3 is 0 Å². The molecule has 0 aromatic carbocycles. The Bertz CT molecular complexity index is 128. The van der Waals surface area contributed by atoms with E-state index in [1.807, 2.05) is 0 Å². The molecule has 0 saturated heterocycles. The van der Waals surface area contributed by atoms with E-state index in [-0.39, 0.29) is 12.2 Å². The summed E-state index contributed by atoms with van der Waals surface area (Å²) in [6.07, 6.45) is 2.80. The number of aliphatic hydroxyl groups is 2. The molecule has 0 aromatic heterocycles. The standard InChI is InChI=1S/C9H19NO2/c1-7(11)5-10-6-8-3-2-4-9(8)12/h7-12H,2-6H2,1H3/t7-,8?,9?/m1/s1. The first-order chi connectivity index (χ1) is 5.70. The van der Waals surface area contributed by atoms with E-state index in [1.54, 1.807) is 6.92 Å². The Hall–Kier alpha value is -0.120. The lowest BCUT2D eigenvalue weighted by Gasteiger charge is -2.15. The second kappa shape index (κ2) is 4.80. The Morgan fingerprint density at radius 2 is 2.25 bits per heavy atom. The van der Waals surface area contributed by atoms with Crippen LogP contribution in [0.15, 0.2) is 0 Å². The predicted molar refractivity (Wildman–Crippen MR) is 47.9 cm³/mol. The number of hydrogen-bond donors (Lipinski definition) is 3. The summed E-state index contributed by atoms with van der Waals surface area (Å²) in [6, 6.07) is 0. The van der Waals surface area contributed by atoms with Gasteiger partial charge in [0, 0.05) is 13.1 Å². The molecule has 3 N–H and O–H groups in total. The van der Waals surface area contributed by atoms with Crippen molar-refractivity contribution in [2.45, 2.75) is 38.4 Å². The minimum atomic E-state index is -0.288. The van der Waals surface area contributed by atoms with Gasteiger partial charge in [0.25, 0.3) is 0 Å². The van der Waals surface area contributed by atoms with E-state index in [9.17, 15) is 5.11 Å². The highest BCUT2D eigenvalue weighted by Gasteiger charge is 2.24. The van der Waals surface area contributed by atoms with Crippen LogP contribution in [-0.2, 0) is 0 Å². The Labute approximate surface area is 73.8 Å². The van der Waals surface area contributed by atoms with Crippen molar-refractivity contribution in [1.82, 2.24) is 5.32 Å². The molecule has 0 heterocycles. The summed E-state index contributed by atoms with van der Waals surface area (Å²) in [7, 11) is 0. The van der Waals surface area contributed by atoms with Gasteiger partial charge in [-0.25, -0.2) is 0 Å². The molecule has 0 amide bonds. The van der Waals surface area contributed by atoms with Crippen LogP contribution < -0.4 is 5.32 Å². The van der Waals surface area contributed by atoms with Crippen molar-refractivity contribution >= 4 is 0 Å². The maximum Gasteiger partial charge on any atom is 0.0636 e. The Morgan fingerprint density at radius 3 is 2.75 bits per heavy atom. The molecule has 3 nitrogen and oxygen atoms in total. The van der Waals surface area contributed by atoms with Gasteiger partial charge in [0.2, 0.25) is 0 Å². The zero-order valence-corrected chi connectivity index (χ0v) is 7.66. The smallest absolute Gasteiger partial charge is 0.0636 e. The average molecular weight is 173 g/mol. The zero-order chi connectivity index (χ0) is 8.97. The lowest BCUT2D eigenvalue weighted by Crippen LogP contribution is -2.32. The fourth-order valence-corrected chi connectivity index (χ4v) is 1.73. The molecule has 1 fully saturated rings. The van der Waals surface area contributed by atoms with Crippen molar-refractivity contribution in [2.75, 3.05) is 13.1 Å². The van der Waals surface area contributed by atoms with E-state index < -0.39 is 0 Å². The van der Waals surface area contributed by atoms with Crippen LogP contribution in [0.1, 0.15) is 26.2 Å². The summed E-state index contributed by atoms with van der Waals surface area (Å²) in [5.41, 5.74) is 0. The molecule has 0 aliphatic heterocycles. The minimum absolute atomic E-state index is 0.119. The molecule has 0 radical (unpaired) electrons. The molecular formula is C9H19NO2. The molecule has 3 atom stereocenters. The van der Waals surface area contributed by atoms with Crippen LogP contribution in [0.25, 0.3) is 0 Å². The molecule has 0 aromatic rings. The number of hydrogen-bond acceptors (Lipinski definition) is 3. The first-order valence-corrected chi connectivity index (χ1v) is 4.77. The highest BCUT2D eigenvalue weighted by molar-refractivity contribution is 4.78. The van der Waals surface area contributed by atoms with Gasteiger partial charge in [-0.2, -0.15) is 0 Å². The van der Waals surface area contributed by atoms with Gasteiger partial charge in [0.05, 0.1) is 12.2 Å². The summed E-state index contributed by atoms with van der Waals surface area (Å²) < 4.78 is 0. The molecule has 1 saturated carbocycles. The molecule has 1 aliphatic rings. The number of nitrogens with one attached hydrogen (secondary N) is 1. The van der Waals surface area contributed by atoms with E-state index in [2.05, 4.69) is 5.32 Å². The monoisotopic (exact) mass is 173 g/mol. The zero-order valence-electron chi connectivity index (χ0n) is 7.66. The SMILES string of the molecule is C[C@@H](O)CNCC1CCCC1O. The third-order valence-corrected chi connectivity index (χ3v) is 2.47. The quantitative estimate of drug-likeness (QED) is 0.566. The van der Waals surface area contributed by atoms with Crippen LogP contribution in [0.4, 0.5) is 0 Å². The molecule has 1 rings (SSSR count). The minimum Gasteiger partial charge on any atom is -0.393 e. The van der Waals surface area contributed by atoms with Crippen LogP contribution >= 0.6 is 0 Å². The Balaban J connectivity index is 2.06. The number of rotatable bonds is 4. The second-order valence-corrected chi connectivity index (χ2v) is 3.77. The normalized spacial score (nSPS) is 32.2. The second-order valence-electron chi connectivity index (χ2n) is 3.77. The summed E-state index contributed by atoms with van der Waals surface area (Å²) in [5, 5.41) is 21.6. The molecule has 1 aliphatic carbocycles. The van der Waals surface area contributed by atoms with Crippen molar-refractivity contribution in [3.8, 4) is 0 Å². The highest BCUT2D eigenvalue weighted by atomic mass is 16.3. The van der Waals surface area contributed by atoms with E-state index in [0.717, 1.165) is 25.8 Å². The maximum atomic E-state index is 9.45. The van der Waals surface area contributed by atoms with Crippen molar-refractivity contribution in [1.29, 1.82) is 0 Å². The summed E-state index contributed by atoms with van der Waals surface area (Å²) >= 11 is 0. The summed E-state index contributed by atoms with van der Waals surface area (Å²) in [5.74, 6) is 0.406. The number of aliphatic hydroxyl groups excluding tert-OH is 2. The molecule has 2 unspecified atom stereocenters. The molecule has 0 bridgehead atoms. The van der Waals surface area contributed by atoms with E-state index in [1.165, 1.54) is 0 Å². The topological polar surface area (TPSA) is 52.5 Å². The molecule has 3 heteroatoms. The van der Waals surface area contributed by atoms with Gasteiger partial charge in [-0.05, 0) is 25.7 Å². The fourth-order valence-electron chi connectivity index (χ4n) is 1.73. The molecule has 0 spiro atoms. The van der Waals surface area contributed by atoms with Gasteiger partial charge in [0.15, 0.2) is 0 Å². The third-order valence-electron chi connectivity index (χ3n) is 2.47. The average Bonchev–Trinajstić information content (AvgIpc) is 2.36. The van der Waals surface area contributed by atoms with Gasteiger partial charge in [-0.1, -0.05) is 6.42 Å².